The summed E-state index contributed by atoms with van der Waals surface area (Å²) in [6.45, 7) is 10.7. The van der Waals surface area contributed by atoms with Crippen LogP contribution in [0.2, 0.25) is 0 Å². The van der Waals surface area contributed by atoms with Crippen LogP contribution in [0.4, 0.5) is 0 Å². The highest BCUT2D eigenvalue weighted by Gasteiger charge is 2.48. The summed E-state index contributed by atoms with van der Waals surface area (Å²) in [5.41, 5.74) is 0.325. The van der Waals surface area contributed by atoms with Gasteiger partial charge in [0.2, 0.25) is 0 Å². The fraction of sp³-hybridized carbons (Fsp3) is 1.00. The maximum absolute atomic E-state index is 5.63. The van der Waals surface area contributed by atoms with Crippen LogP contribution in [0.5, 0.6) is 0 Å². The summed E-state index contributed by atoms with van der Waals surface area (Å²) in [4.78, 5) is 0. The number of ether oxygens (including phenoxy) is 1. The van der Waals surface area contributed by atoms with Gasteiger partial charge in [-0.05, 0) is 19.9 Å². The van der Waals surface area contributed by atoms with Gasteiger partial charge in [-0.25, -0.2) is 0 Å². The molecule has 1 fully saturated rings. The molecule has 0 spiro atoms. The molecule has 0 aromatic rings. The predicted molar refractivity (Wildman–Crippen MR) is 51.3 cm³/mol. The summed E-state index contributed by atoms with van der Waals surface area (Å²) in [6.07, 6.45) is 1.64. The molecule has 72 valence electrons. The molecule has 0 amide bonds. The minimum absolute atomic E-state index is 0.325. The van der Waals surface area contributed by atoms with Gasteiger partial charge in [0.15, 0.2) is 0 Å². The molecule has 0 saturated heterocycles. The average Bonchev–Trinajstić information content (AvgIpc) is 2.03. The molecule has 0 aliphatic heterocycles. The second-order valence-electron chi connectivity index (χ2n) is 4.11. The topological polar surface area (TPSA) is 21.3 Å². The van der Waals surface area contributed by atoms with E-state index in [4.69, 9.17) is 4.74 Å². The van der Waals surface area contributed by atoms with Crippen molar-refractivity contribution < 1.29 is 4.74 Å². The van der Waals surface area contributed by atoms with Gasteiger partial charge in [0.05, 0.1) is 6.10 Å². The van der Waals surface area contributed by atoms with Crippen LogP contribution in [0.25, 0.3) is 0 Å². The molecular formula is C10H21NO. The zero-order chi connectivity index (χ0) is 9.19. The molecule has 2 unspecified atom stereocenters. The molecule has 0 aromatic carbocycles. The first kappa shape index (κ1) is 10.0. The van der Waals surface area contributed by atoms with Crippen LogP contribution in [0.15, 0.2) is 0 Å². The number of hydrogen-bond donors (Lipinski definition) is 1. The molecule has 0 bridgehead atoms. The lowest BCUT2D eigenvalue weighted by atomic mass is 9.64. The highest BCUT2D eigenvalue weighted by molar-refractivity contribution is 5.02. The van der Waals surface area contributed by atoms with Gasteiger partial charge in [-0.15, -0.1) is 0 Å². The molecule has 2 nitrogen and oxygen atoms in total. The molecule has 12 heavy (non-hydrogen) atoms. The number of hydrogen-bond acceptors (Lipinski definition) is 2. The van der Waals surface area contributed by atoms with Crippen LogP contribution in [-0.2, 0) is 4.74 Å². The first-order valence-corrected chi connectivity index (χ1v) is 4.97. The van der Waals surface area contributed by atoms with Gasteiger partial charge in [0.1, 0.15) is 0 Å². The van der Waals surface area contributed by atoms with Gasteiger partial charge < -0.3 is 10.1 Å². The second kappa shape index (κ2) is 3.75. The first-order valence-electron chi connectivity index (χ1n) is 4.97. The second-order valence-corrected chi connectivity index (χ2v) is 4.11. The van der Waals surface area contributed by atoms with Crippen molar-refractivity contribution in [3.05, 3.63) is 0 Å². The Bertz CT molecular complexity index is 131. The highest BCUT2D eigenvalue weighted by atomic mass is 16.5. The van der Waals surface area contributed by atoms with E-state index in [9.17, 15) is 0 Å². The van der Waals surface area contributed by atoms with E-state index in [-0.39, 0.29) is 0 Å². The fourth-order valence-electron chi connectivity index (χ4n) is 1.96. The summed E-state index contributed by atoms with van der Waals surface area (Å²) >= 11 is 0. The Morgan fingerprint density at radius 3 is 2.50 bits per heavy atom. The Labute approximate surface area is 75.7 Å². The molecule has 2 heteroatoms. The van der Waals surface area contributed by atoms with Crippen molar-refractivity contribution in [3.8, 4) is 0 Å². The van der Waals surface area contributed by atoms with Crippen molar-refractivity contribution in [3.63, 3.8) is 0 Å². The lowest BCUT2D eigenvalue weighted by Gasteiger charge is -2.51. The van der Waals surface area contributed by atoms with Crippen LogP contribution in [0.1, 0.15) is 34.1 Å². The van der Waals surface area contributed by atoms with Crippen molar-refractivity contribution >= 4 is 0 Å². The Morgan fingerprint density at radius 1 is 1.42 bits per heavy atom. The van der Waals surface area contributed by atoms with Gasteiger partial charge >= 0.3 is 0 Å². The Morgan fingerprint density at radius 2 is 2.08 bits per heavy atom. The Hall–Kier alpha value is -0.0800. The third-order valence-corrected chi connectivity index (χ3v) is 3.00. The van der Waals surface area contributed by atoms with Crippen LogP contribution in [-0.4, -0.2) is 25.3 Å². The quantitative estimate of drug-likeness (QED) is 0.696. The van der Waals surface area contributed by atoms with E-state index >= 15 is 0 Å². The van der Waals surface area contributed by atoms with E-state index in [1.54, 1.807) is 0 Å². The fourth-order valence-corrected chi connectivity index (χ4v) is 1.96. The van der Waals surface area contributed by atoms with Crippen molar-refractivity contribution in [2.24, 2.45) is 5.41 Å². The van der Waals surface area contributed by atoms with E-state index < -0.39 is 0 Å². The summed E-state index contributed by atoms with van der Waals surface area (Å²) in [5, 5.41) is 3.48. The van der Waals surface area contributed by atoms with Crippen molar-refractivity contribution in [2.45, 2.75) is 46.3 Å². The summed E-state index contributed by atoms with van der Waals surface area (Å²) in [6, 6.07) is 0.652. The average molecular weight is 171 g/mol. The van der Waals surface area contributed by atoms with Crippen LogP contribution >= 0.6 is 0 Å². The number of nitrogens with one attached hydrogen (secondary N) is 1. The molecule has 0 aromatic heterocycles. The minimum Gasteiger partial charge on any atom is -0.378 e. The van der Waals surface area contributed by atoms with Crippen molar-refractivity contribution in [1.82, 2.24) is 5.32 Å². The molecule has 1 aliphatic rings. The lowest BCUT2D eigenvalue weighted by molar-refractivity contribution is -0.113. The van der Waals surface area contributed by atoms with Crippen LogP contribution < -0.4 is 5.32 Å². The number of rotatable bonds is 4. The molecule has 1 aliphatic carbocycles. The summed E-state index contributed by atoms with van der Waals surface area (Å²) < 4.78 is 5.63. The van der Waals surface area contributed by atoms with E-state index in [1.165, 1.54) is 6.42 Å². The molecule has 2 atom stereocenters. The van der Waals surface area contributed by atoms with Gasteiger partial charge in [0, 0.05) is 18.1 Å². The van der Waals surface area contributed by atoms with Crippen molar-refractivity contribution in [1.29, 1.82) is 0 Å². The third-order valence-electron chi connectivity index (χ3n) is 3.00. The highest BCUT2D eigenvalue weighted by Crippen LogP contribution is 2.42. The maximum atomic E-state index is 5.63. The Kier molecular flexibility index (Phi) is 3.13. The third kappa shape index (κ3) is 1.64. The van der Waals surface area contributed by atoms with Crippen LogP contribution in [0, 0.1) is 5.41 Å². The van der Waals surface area contributed by atoms with Gasteiger partial charge in [-0.2, -0.15) is 0 Å². The molecule has 1 saturated carbocycles. The van der Waals surface area contributed by atoms with E-state index in [0.717, 1.165) is 13.2 Å². The SMILES string of the molecule is CCNC1CC(OCC)C1(C)C. The van der Waals surface area contributed by atoms with Gasteiger partial charge in [0.25, 0.3) is 0 Å². The van der Waals surface area contributed by atoms with Crippen LogP contribution in [0.3, 0.4) is 0 Å². The van der Waals surface area contributed by atoms with Gasteiger partial charge in [-0.3, -0.25) is 0 Å². The molecule has 0 radical (unpaired) electrons. The van der Waals surface area contributed by atoms with E-state index in [2.05, 4.69) is 33.0 Å². The monoisotopic (exact) mass is 171 g/mol. The largest absolute Gasteiger partial charge is 0.378 e. The molecule has 1 N–H and O–H groups in total. The lowest BCUT2D eigenvalue weighted by Crippen LogP contribution is -2.60. The molecule has 1 rings (SSSR count). The minimum atomic E-state index is 0.325. The molecule has 0 heterocycles. The predicted octanol–water partition coefficient (Wildman–Crippen LogP) is 1.80. The summed E-state index contributed by atoms with van der Waals surface area (Å²) in [5.74, 6) is 0. The zero-order valence-corrected chi connectivity index (χ0v) is 8.68. The molecular weight excluding hydrogens is 150 g/mol. The standard InChI is InChI=1S/C10H21NO/c1-5-11-8-7-9(12-6-2)10(8,3)4/h8-9,11H,5-7H2,1-4H3. The Balaban J connectivity index is 2.36. The summed E-state index contributed by atoms with van der Waals surface area (Å²) in [7, 11) is 0. The normalized spacial score (nSPS) is 33.0. The van der Waals surface area contributed by atoms with Gasteiger partial charge in [-0.1, -0.05) is 20.8 Å². The first-order chi connectivity index (χ1) is 5.62. The van der Waals surface area contributed by atoms with E-state index in [1.807, 2.05) is 0 Å². The zero-order valence-electron chi connectivity index (χ0n) is 8.68. The smallest absolute Gasteiger partial charge is 0.0655 e. The van der Waals surface area contributed by atoms with Crippen molar-refractivity contribution in [2.75, 3.05) is 13.2 Å². The van der Waals surface area contributed by atoms with E-state index in [0.29, 0.717) is 17.6 Å². The maximum Gasteiger partial charge on any atom is 0.0655 e.